The van der Waals surface area contributed by atoms with Gasteiger partial charge in [0, 0.05) is 49.6 Å². The van der Waals surface area contributed by atoms with Crippen LogP contribution in [0.25, 0.3) is 0 Å². The number of ether oxygens (including phenoxy) is 1. The summed E-state index contributed by atoms with van der Waals surface area (Å²) in [6, 6.07) is 1.63. The number of nitrogens with one attached hydrogen (secondary N) is 1. The highest BCUT2D eigenvalue weighted by molar-refractivity contribution is 5.36. The minimum atomic E-state index is -4.28. The molecule has 0 saturated carbocycles. The molecule has 0 radical (unpaired) electrons. The molecule has 2 aromatic rings. The topological polar surface area (TPSA) is 56.9 Å². The van der Waals surface area contributed by atoms with Crippen LogP contribution in [0.1, 0.15) is 23.8 Å². The minimum absolute atomic E-state index is 0.0513. The van der Waals surface area contributed by atoms with Gasteiger partial charge in [-0.3, -0.25) is 9.36 Å². The van der Waals surface area contributed by atoms with Crippen LogP contribution in [0.2, 0.25) is 0 Å². The lowest BCUT2D eigenvalue weighted by molar-refractivity contribution is -0.142. The fourth-order valence-corrected chi connectivity index (χ4v) is 2.96. The molecule has 132 valence electrons. The molecule has 0 unspecified atom stereocenters. The van der Waals surface area contributed by atoms with Crippen LogP contribution in [0.15, 0.2) is 18.5 Å². The quantitative estimate of drug-likeness (QED) is 0.907. The number of halogens is 3. The fourth-order valence-electron chi connectivity index (χ4n) is 2.96. The third kappa shape index (κ3) is 3.89. The van der Waals surface area contributed by atoms with Crippen LogP contribution in [0.3, 0.4) is 0 Å². The summed E-state index contributed by atoms with van der Waals surface area (Å²) in [6.45, 7) is 1.78. The molecule has 0 amide bonds. The number of nitrogens with zero attached hydrogens (tertiary/aromatic N) is 4. The predicted molar refractivity (Wildman–Crippen MR) is 81.5 cm³/mol. The summed E-state index contributed by atoms with van der Waals surface area (Å²) >= 11 is 0. The highest BCUT2D eigenvalue weighted by Gasteiger charge is 2.31. The molecule has 1 N–H and O–H groups in total. The summed E-state index contributed by atoms with van der Waals surface area (Å²) in [5.41, 5.74) is 1.49. The number of hydrogen-bond acceptors (Lipinski definition) is 4. The molecule has 0 spiro atoms. The zero-order valence-corrected chi connectivity index (χ0v) is 13.5. The van der Waals surface area contributed by atoms with Crippen molar-refractivity contribution in [1.82, 2.24) is 19.6 Å². The van der Waals surface area contributed by atoms with Gasteiger partial charge >= 0.3 is 6.18 Å². The normalized spacial score (nSPS) is 21.4. The SMILES string of the molecule is Cc1cc(NC[C@H]2CCO[C@@H]2c2cnn(C)c2)nn1CC(F)(F)F. The molecule has 1 aliphatic heterocycles. The second-order valence-electron chi connectivity index (χ2n) is 6.11. The number of alkyl halides is 3. The van der Waals surface area contributed by atoms with E-state index in [1.165, 1.54) is 0 Å². The molecule has 1 aliphatic rings. The smallest absolute Gasteiger partial charge is 0.373 e. The van der Waals surface area contributed by atoms with Crippen LogP contribution in [0.4, 0.5) is 19.0 Å². The Morgan fingerprint density at radius 3 is 2.88 bits per heavy atom. The third-order valence-electron chi connectivity index (χ3n) is 4.12. The first kappa shape index (κ1) is 16.8. The van der Waals surface area contributed by atoms with E-state index in [0.29, 0.717) is 24.7 Å². The zero-order chi connectivity index (χ0) is 17.3. The molecule has 1 fully saturated rings. The molecule has 3 heterocycles. The summed E-state index contributed by atoms with van der Waals surface area (Å²) in [4.78, 5) is 0. The van der Waals surface area contributed by atoms with E-state index in [9.17, 15) is 13.2 Å². The molecular formula is C15H20F3N5O. The van der Waals surface area contributed by atoms with Gasteiger partial charge in [-0.2, -0.15) is 23.4 Å². The summed E-state index contributed by atoms with van der Waals surface area (Å²) in [7, 11) is 1.85. The second kappa shape index (κ2) is 6.46. The summed E-state index contributed by atoms with van der Waals surface area (Å²) in [5.74, 6) is 0.677. The summed E-state index contributed by atoms with van der Waals surface area (Å²) in [5, 5.41) is 11.3. The van der Waals surface area contributed by atoms with E-state index in [-0.39, 0.29) is 12.0 Å². The second-order valence-corrected chi connectivity index (χ2v) is 6.11. The highest BCUT2D eigenvalue weighted by atomic mass is 19.4. The summed E-state index contributed by atoms with van der Waals surface area (Å²) < 4.78 is 46.0. The Morgan fingerprint density at radius 1 is 1.42 bits per heavy atom. The molecule has 2 aromatic heterocycles. The van der Waals surface area contributed by atoms with Crippen molar-refractivity contribution in [2.75, 3.05) is 18.5 Å². The molecule has 24 heavy (non-hydrogen) atoms. The minimum Gasteiger partial charge on any atom is -0.373 e. The standard InChI is InChI=1S/C15H20F3N5O/c1-10-5-13(21-23(10)9-15(16,17)18)19-6-11-3-4-24-14(11)12-7-20-22(2)8-12/h5,7-8,11,14H,3-4,6,9H2,1-2H3,(H,19,21)/t11-,14+/m1/s1. The van der Waals surface area contributed by atoms with Gasteiger partial charge in [-0.15, -0.1) is 0 Å². The highest BCUT2D eigenvalue weighted by Crippen LogP contribution is 2.34. The third-order valence-corrected chi connectivity index (χ3v) is 4.12. The van der Waals surface area contributed by atoms with Crippen molar-refractivity contribution in [3.63, 3.8) is 0 Å². The van der Waals surface area contributed by atoms with Gasteiger partial charge < -0.3 is 10.1 Å². The van der Waals surface area contributed by atoms with E-state index < -0.39 is 12.7 Å². The number of hydrogen-bond donors (Lipinski definition) is 1. The molecule has 0 bridgehead atoms. The van der Waals surface area contributed by atoms with Crippen molar-refractivity contribution in [3.8, 4) is 0 Å². The van der Waals surface area contributed by atoms with Crippen molar-refractivity contribution < 1.29 is 17.9 Å². The lowest BCUT2D eigenvalue weighted by Gasteiger charge is -2.17. The molecule has 9 heteroatoms. The lowest BCUT2D eigenvalue weighted by Crippen LogP contribution is -2.20. The van der Waals surface area contributed by atoms with Crippen LogP contribution < -0.4 is 5.32 Å². The van der Waals surface area contributed by atoms with Crippen molar-refractivity contribution >= 4 is 5.82 Å². The zero-order valence-electron chi connectivity index (χ0n) is 13.5. The van der Waals surface area contributed by atoms with Gasteiger partial charge in [-0.05, 0) is 13.3 Å². The van der Waals surface area contributed by atoms with E-state index in [1.807, 2.05) is 13.2 Å². The Balaban J connectivity index is 1.62. The molecule has 0 aliphatic carbocycles. The number of aromatic nitrogens is 4. The molecule has 1 saturated heterocycles. The van der Waals surface area contributed by atoms with Crippen molar-refractivity contribution in [2.24, 2.45) is 13.0 Å². The van der Waals surface area contributed by atoms with Crippen molar-refractivity contribution in [3.05, 3.63) is 29.7 Å². The van der Waals surface area contributed by atoms with Crippen LogP contribution >= 0.6 is 0 Å². The average Bonchev–Trinajstić information content (AvgIpc) is 3.16. The maximum atomic E-state index is 12.5. The van der Waals surface area contributed by atoms with E-state index in [1.54, 1.807) is 23.9 Å². The number of aryl methyl sites for hydroxylation is 2. The van der Waals surface area contributed by atoms with Crippen molar-refractivity contribution in [2.45, 2.75) is 32.2 Å². The van der Waals surface area contributed by atoms with E-state index >= 15 is 0 Å². The van der Waals surface area contributed by atoms with Gasteiger partial charge in [-0.1, -0.05) is 0 Å². The Labute approximate surface area is 137 Å². The number of anilines is 1. The Hall–Kier alpha value is -2.03. The van der Waals surface area contributed by atoms with E-state index in [4.69, 9.17) is 4.74 Å². The molecule has 2 atom stereocenters. The van der Waals surface area contributed by atoms with Gasteiger partial charge in [0.25, 0.3) is 0 Å². The first-order valence-electron chi connectivity index (χ1n) is 7.77. The van der Waals surface area contributed by atoms with Crippen LogP contribution in [-0.4, -0.2) is 38.9 Å². The Kier molecular flexibility index (Phi) is 4.53. The van der Waals surface area contributed by atoms with Gasteiger partial charge in [0.05, 0.1) is 12.3 Å². The largest absolute Gasteiger partial charge is 0.408 e. The molecule has 0 aromatic carbocycles. The van der Waals surface area contributed by atoms with Crippen molar-refractivity contribution in [1.29, 1.82) is 0 Å². The average molecular weight is 343 g/mol. The fraction of sp³-hybridized carbons (Fsp3) is 0.600. The van der Waals surface area contributed by atoms with E-state index in [0.717, 1.165) is 16.7 Å². The van der Waals surface area contributed by atoms with Crippen LogP contribution in [0.5, 0.6) is 0 Å². The predicted octanol–water partition coefficient (Wildman–Crippen LogP) is 2.68. The maximum absolute atomic E-state index is 12.5. The number of rotatable bonds is 5. The maximum Gasteiger partial charge on any atom is 0.408 e. The lowest BCUT2D eigenvalue weighted by atomic mass is 9.97. The molecule has 3 rings (SSSR count). The molecular weight excluding hydrogens is 323 g/mol. The van der Waals surface area contributed by atoms with E-state index in [2.05, 4.69) is 15.5 Å². The van der Waals surface area contributed by atoms with Crippen LogP contribution in [-0.2, 0) is 18.3 Å². The first-order valence-corrected chi connectivity index (χ1v) is 7.77. The van der Waals surface area contributed by atoms with Gasteiger partial charge in [-0.25, -0.2) is 0 Å². The Bertz CT molecular complexity index is 694. The molecule has 6 nitrogen and oxygen atoms in total. The van der Waals surface area contributed by atoms with Gasteiger partial charge in [0.1, 0.15) is 12.4 Å². The van der Waals surface area contributed by atoms with Gasteiger partial charge in [0.2, 0.25) is 0 Å². The van der Waals surface area contributed by atoms with Gasteiger partial charge in [0.15, 0.2) is 0 Å². The Morgan fingerprint density at radius 2 is 2.21 bits per heavy atom. The first-order chi connectivity index (χ1) is 11.3. The van der Waals surface area contributed by atoms with Crippen LogP contribution in [0, 0.1) is 12.8 Å². The summed E-state index contributed by atoms with van der Waals surface area (Å²) in [6.07, 6.45) is 0.258. The monoisotopic (exact) mass is 343 g/mol.